The topological polar surface area (TPSA) is 44.5 Å². The first-order valence-corrected chi connectivity index (χ1v) is 6.29. The molecule has 0 saturated carbocycles. The number of para-hydroxylation sites is 2. The van der Waals surface area contributed by atoms with Gasteiger partial charge in [0, 0.05) is 6.04 Å². The smallest absolute Gasteiger partial charge is 0.161 e. The predicted octanol–water partition coefficient (Wildman–Crippen LogP) is 2.98. The van der Waals surface area contributed by atoms with Crippen LogP contribution in [0.15, 0.2) is 24.3 Å². The first-order chi connectivity index (χ1) is 8.27. The Hall–Kier alpha value is -1.22. The van der Waals surface area contributed by atoms with Crippen LogP contribution in [0.1, 0.15) is 32.6 Å². The van der Waals surface area contributed by atoms with Crippen LogP contribution in [0.2, 0.25) is 0 Å². The Balaban J connectivity index is 2.26. The van der Waals surface area contributed by atoms with E-state index in [1.807, 2.05) is 24.3 Å². The van der Waals surface area contributed by atoms with E-state index in [2.05, 4.69) is 6.92 Å². The van der Waals surface area contributed by atoms with Crippen LogP contribution in [0, 0.1) is 0 Å². The molecule has 0 aliphatic rings. The largest absolute Gasteiger partial charge is 0.493 e. The van der Waals surface area contributed by atoms with Gasteiger partial charge in [-0.2, -0.15) is 0 Å². The molecule has 0 aliphatic carbocycles. The van der Waals surface area contributed by atoms with Gasteiger partial charge in [-0.15, -0.1) is 0 Å². The van der Waals surface area contributed by atoms with Crippen molar-refractivity contribution in [2.24, 2.45) is 5.73 Å². The van der Waals surface area contributed by atoms with E-state index >= 15 is 0 Å². The summed E-state index contributed by atoms with van der Waals surface area (Å²) >= 11 is 0. The summed E-state index contributed by atoms with van der Waals surface area (Å²) in [7, 11) is 1.65. The number of methoxy groups -OCH3 is 1. The van der Waals surface area contributed by atoms with Gasteiger partial charge in [0.1, 0.15) is 0 Å². The van der Waals surface area contributed by atoms with Crippen molar-refractivity contribution in [2.45, 2.75) is 38.6 Å². The van der Waals surface area contributed by atoms with Gasteiger partial charge in [0.15, 0.2) is 11.5 Å². The average molecular weight is 237 g/mol. The van der Waals surface area contributed by atoms with Crippen LogP contribution in [-0.2, 0) is 0 Å². The molecule has 0 aliphatic heterocycles. The second-order valence-corrected chi connectivity index (χ2v) is 4.19. The van der Waals surface area contributed by atoms with Crippen LogP contribution in [0.5, 0.6) is 11.5 Å². The van der Waals surface area contributed by atoms with Crippen LogP contribution in [0.4, 0.5) is 0 Å². The van der Waals surface area contributed by atoms with Gasteiger partial charge in [0.2, 0.25) is 0 Å². The zero-order valence-electron chi connectivity index (χ0n) is 10.8. The molecule has 1 unspecified atom stereocenters. The predicted molar refractivity (Wildman–Crippen MR) is 70.6 cm³/mol. The lowest BCUT2D eigenvalue weighted by Gasteiger charge is -2.12. The van der Waals surface area contributed by atoms with E-state index in [4.69, 9.17) is 15.2 Å². The summed E-state index contributed by atoms with van der Waals surface area (Å²) in [5.74, 6) is 1.59. The first-order valence-electron chi connectivity index (χ1n) is 6.29. The van der Waals surface area contributed by atoms with Gasteiger partial charge in [-0.1, -0.05) is 25.5 Å². The molecule has 1 atom stereocenters. The zero-order valence-corrected chi connectivity index (χ0v) is 10.8. The molecule has 0 bridgehead atoms. The summed E-state index contributed by atoms with van der Waals surface area (Å²) in [6, 6.07) is 8.01. The third-order valence-corrected chi connectivity index (χ3v) is 2.71. The number of ether oxygens (including phenoxy) is 2. The Morgan fingerprint density at radius 1 is 1.18 bits per heavy atom. The lowest BCUT2D eigenvalue weighted by Crippen LogP contribution is -2.20. The highest BCUT2D eigenvalue weighted by Crippen LogP contribution is 2.25. The Kier molecular flexibility index (Phi) is 6.48. The molecule has 1 aromatic rings. The molecule has 0 saturated heterocycles. The van der Waals surface area contributed by atoms with E-state index in [1.54, 1.807) is 7.11 Å². The van der Waals surface area contributed by atoms with Gasteiger partial charge in [0.25, 0.3) is 0 Å². The summed E-state index contributed by atoms with van der Waals surface area (Å²) in [6.07, 6.45) is 4.24. The molecule has 2 N–H and O–H groups in total. The second kappa shape index (κ2) is 7.96. The van der Waals surface area contributed by atoms with Crippen LogP contribution < -0.4 is 15.2 Å². The Morgan fingerprint density at radius 3 is 2.53 bits per heavy atom. The molecule has 0 radical (unpaired) electrons. The molecule has 0 spiro atoms. The SMILES string of the molecule is CCCC(N)CCCOc1ccccc1OC. The van der Waals surface area contributed by atoms with E-state index in [0.717, 1.165) is 37.2 Å². The van der Waals surface area contributed by atoms with Gasteiger partial charge >= 0.3 is 0 Å². The average Bonchev–Trinajstić information content (AvgIpc) is 2.35. The van der Waals surface area contributed by atoms with Crippen LogP contribution in [-0.4, -0.2) is 19.8 Å². The minimum absolute atomic E-state index is 0.307. The van der Waals surface area contributed by atoms with E-state index in [1.165, 1.54) is 0 Å². The van der Waals surface area contributed by atoms with Crippen molar-refractivity contribution in [1.29, 1.82) is 0 Å². The van der Waals surface area contributed by atoms with Gasteiger partial charge in [-0.3, -0.25) is 0 Å². The maximum atomic E-state index is 5.94. The van der Waals surface area contributed by atoms with Crippen LogP contribution in [0.25, 0.3) is 0 Å². The van der Waals surface area contributed by atoms with E-state index in [9.17, 15) is 0 Å². The van der Waals surface area contributed by atoms with Crippen molar-refractivity contribution in [3.8, 4) is 11.5 Å². The Morgan fingerprint density at radius 2 is 1.88 bits per heavy atom. The lowest BCUT2D eigenvalue weighted by molar-refractivity contribution is 0.281. The van der Waals surface area contributed by atoms with Crippen molar-refractivity contribution in [3.05, 3.63) is 24.3 Å². The quantitative estimate of drug-likeness (QED) is 0.707. The monoisotopic (exact) mass is 237 g/mol. The summed E-state index contributed by atoms with van der Waals surface area (Å²) in [6.45, 7) is 2.85. The first kappa shape index (κ1) is 13.8. The fourth-order valence-corrected chi connectivity index (χ4v) is 1.78. The molecule has 3 nitrogen and oxygen atoms in total. The highest BCUT2D eigenvalue weighted by molar-refractivity contribution is 5.39. The minimum Gasteiger partial charge on any atom is -0.493 e. The summed E-state index contributed by atoms with van der Waals surface area (Å²) in [4.78, 5) is 0. The summed E-state index contributed by atoms with van der Waals surface area (Å²) in [5, 5.41) is 0. The number of rotatable bonds is 8. The molecule has 0 amide bonds. The third-order valence-electron chi connectivity index (χ3n) is 2.71. The Labute approximate surface area is 104 Å². The molecular weight excluding hydrogens is 214 g/mol. The maximum absolute atomic E-state index is 5.94. The maximum Gasteiger partial charge on any atom is 0.161 e. The minimum atomic E-state index is 0.307. The van der Waals surface area contributed by atoms with Crippen molar-refractivity contribution in [1.82, 2.24) is 0 Å². The van der Waals surface area contributed by atoms with Crippen molar-refractivity contribution in [2.75, 3.05) is 13.7 Å². The zero-order chi connectivity index (χ0) is 12.5. The second-order valence-electron chi connectivity index (χ2n) is 4.19. The van der Waals surface area contributed by atoms with Gasteiger partial charge in [-0.05, 0) is 31.4 Å². The summed E-state index contributed by atoms with van der Waals surface area (Å²) < 4.78 is 10.9. The molecule has 0 fully saturated rings. The van der Waals surface area contributed by atoms with Crippen molar-refractivity contribution in [3.63, 3.8) is 0 Å². The molecular formula is C14H23NO2. The number of nitrogens with two attached hydrogens (primary N) is 1. The van der Waals surface area contributed by atoms with Crippen LogP contribution in [0.3, 0.4) is 0 Å². The van der Waals surface area contributed by atoms with E-state index in [0.29, 0.717) is 12.6 Å². The van der Waals surface area contributed by atoms with Crippen molar-refractivity contribution < 1.29 is 9.47 Å². The Bertz CT molecular complexity index is 315. The van der Waals surface area contributed by atoms with Gasteiger partial charge < -0.3 is 15.2 Å². The van der Waals surface area contributed by atoms with Crippen molar-refractivity contribution >= 4 is 0 Å². The molecule has 17 heavy (non-hydrogen) atoms. The molecule has 0 aromatic heterocycles. The lowest BCUT2D eigenvalue weighted by atomic mass is 10.1. The summed E-state index contributed by atoms with van der Waals surface area (Å²) in [5.41, 5.74) is 5.94. The van der Waals surface area contributed by atoms with Gasteiger partial charge in [0.05, 0.1) is 13.7 Å². The normalized spacial score (nSPS) is 12.2. The molecule has 1 aromatic carbocycles. The van der Waals surface area contributed by atoms with E-state index < -0.39 is 0 Å². The third kappa shape index (κ3) is 5.09. The number of benzene rings is 1. The van der Waals surface area contributed by atoms with E-state index in [-0.39, 0.29) is 0 Å². The van der Waals surface area contributed by atoms with Gasteiger partial charge in [-0.25, -0.2) is 0 Å². The number of hydrogen-bond acceptors (Lipinski definition) is 3. The standard InChI is InChI=1S/C14H23NO2/c1-3-7-12(15)8-6-11-17-14-10-5-4-9-13(14)16-2/h4-5,9-10,12H,3,6-8,11,15H2,1-2H3. The fraction of sp³-hybridized carbons (Fsp3) is 0.571. The number of hydrogen-bond donors (Lipinski definition) is 1. The van der Waals surface area contributed by atoms with Crippen LogP contribution >= 0.6 is 0 Å². The molecule has 3 heteroatoms. The molecule has 96 valence electrons. The molecule has 1 rings (SSSR count). The fourth-order valence-electron chi connectivity index (χ4n) is 1.78. The highest BCUT2D eigenvalue weighted by atomic mass is 16.5. The highest BCUT2D eigenvalue weighted by Gasteiger charge is 2.04. The molecule has 0 heterocycles.